The van der Waals surface area contributed by atoms with Crippen LogP contribution in [0.15, 0.2) is 52.4 Å². The van der Waals surface area contributed by atoms with Gasteiger partial charge < -0.3 is 5.32 Å². The Kier molecular flexibility index (Phi) is 6.41. The van der Waals surface area contributed by atoms with Gasteiger partial charge in [0.15, 0.2) is 5.16 Å². The van der Waals surface area contributed by atoms with E-state index in [9.17, 15) is 9.59 Å². The summed E-state index contributed by atoms with van der Waals surface area (Å²) in [4.78, 5) is 26.3. The van der Waals surface area contributed by atoms with Crippen molar-refractivity contribution in [1.29, 1.82) is 0 Å². The van der Waals surface area contributed by atoms with Gasteiger partial charge in [0.2, 0.25) is 5.78 Å². The van der Waals surface area contributed by atoms with E-state index in [-0.39, 0.29) is 17.5 Å². The van der Waals surface area contributed by atoms with Crippen LogP contribution in [-0.2, 0) is 12.3 Å². The van der Waals surface area contributed by atoms with Gasteiger partial charge in [0.05, 0.1) is 10.9 Å². The SMILES string of the molecule is CCCn1c(=O)c2ccc(C(=O)NC3CCCC3)cc2n2c(SCc3ccccc3C)nnc12. The molecule has 0 bridgehead atoms. The molecule has 176 valence electrons. The Morgan fingerprint density at radius 2 is 1.94 bits per heavy atom. The van der Waals surface area contributed by atoms with E-state index in [0.29, 0.717) is 33.9 Å². The fourth-order valence-electron chi connectivity index (χ4n) is 4.69. The monoisotopic (exact) mass is 475 g/mol. The molecule has 0 unspecified atom stereocenters. The molecule has 0 atom stereocenters. The number of rotatable bonds is 7. The third-order valence-corrected chi connectivity index (χ3v) is 7.57. The van der Waals surface area contributed by atoms with Gasteiger partial charge in [-0.05, 0) is 55.5 Å². The van der Waals surface area contributed by atoms with E-state index in [4.69, 9.17) is 0 Å². The Bertz CT molecular complexity index is 1420. The maximum absolute atomic E-state index is 13.3. The lowest BCUT2D eigenvalue weighted by Crippen LogP contribution is -2.32. The minimum Gasteiger partial charge on any atom is -0.349 e. The first-order chi connectivity index (χ1) is 16.6. The van der Waals surface area contributed by atoms with Crippen LogP contribution in [0.5, 0.6) is 0 Å². The normalized spacial score (nSPS) is 14.3. The lowest BCUT2D eigenvalue weighted by Gasteiger charge is -2.14. The number of aromatic nitrogens is 4. The lowest BCUT2D eigenvalue weighted by molar-refractivity contribution is 0.0938. The molecule has 1 saturated carbocycles. The number of hydrogen-bond acceptors (Lipinski definition) is 5. The number of carbonyl (C=O) groups is 1. The molecule has 5 rings (SSSR count). The molecule has 0 saturated heterocycles. The fraction of sp³-hybridized carbons (Fsp3) is 0.385. The van der Waals surface area contributed by atoms with Gasteiger partial charge >= 0.3 is 0 Å². The van der Waals surface area contributed by atoms with E-state index in [1.165, 1.54) is 11.1 Å². The van der Waals surface area contributed by atoms with E-state index in [1.54, 1.807) is 28.5 Å². The summed E-state index contributed by atoms with van der Waals surface area (Å²) in [6.45, 7) is 4.69. The zero-order valence-corrected chi connectivity index (χ0v) is 20.4. The molecular formula is C26H29N5O2S. The average molecular weight is 476 g/mol. The minimum atomic E-state index is -0.102. The molecule has 0 aliphatic heterocycles. The lowest BCUT2D eigenvalue weighted by atomic mass is 10.1. The van der Waals surface area contributed by atoms with Crippen molar-refractivity contribution in [2.75, 3.05) is 0 Å². The van der Waals surface area contributed by atoms with Crippen LogP contribution in [0, 0.1) is 6.92 Å². The number of thioether (sulfide) groups is 1. The van der Waals surface area contributed by atoms with E-state index in [1.807, 2.05) is 29.5 Å². The van der Waals surface area contributed by atoms with Crippen molar-refractivity contribution in [2.24, 2.45) is 0 Å². The highest BCUT2D eigenvalue weighted by atomic mass is 32.2. The summed E-state index contributed by atoms with van der Waals surface area (Å²) in [5, 5.41) is 13.3. The molecule has 1 aliphatic rings. The number of benzene rings is 2. The van der Waals surface area contributed by atoms with E-state index >= 15 is 0 Å². The van der Waals surface area contributed by atoms with Gasteiger partial charge in [-0.3, -0.25) is 18.6 Å². The van der Waals surface area contributed by atoms with Crippen LogP contribution in [0.4, 0.5) is 0 Å². The molecule has 7 nitrogen and oxygen atoms in total. The van der Waals surface area contributed by atoms with Crippen LogP contribution < -0.4 is 10.9 Å². The van der Waals surface area contributed by atoms with E-state index in [0.717, 1.165) is 37.9 Å². The number of nitrogens with one attached hydrogen (secondary N) is 1. The molecule has 2 heterocycles. The number of hydrogen-bond donors (Lipinski definition) is 1. The van der Waals surface area contributed by atoms with Gasteiger partial charge in [-0.2, -0.15) is 0 Å². The van der Waals surface area contributed by atoms with Crippen molar-refractivity contribution in [3.63, 3.8) is 0 Å². The molecule has 2 aromatic carbocycles. The van der Waals surface area contributed by atoms with Gasteiger partial charge in [-0.1, -0.05) is 55.8 Å². The van der Waals surface area contributed by atoms with Crippen LogP contribution in [0.3, 0.4) is 0 Å². The van der Waals surface area contributed by atoms with Gasteiger partial charge in [0, 0.05) is 23.9 Å². The van der Waals surface area contributed by atoms with Crippen LogP contribution >= 0.6 is 11.8 Å². The maximum Gasteiger partial charge on any atom is 0.262 e. The van der Waals surface area contributed by atoms with Crippen LogP contribution in [0.25, 0.3) is 16.7 Å². The van der Waals surface area contributed by atoms with E-state index < -0.39 is 0 Å². The second kappa shape index (κ2) is 9.62. The summed E-state index contributed by atoms with van der Waals surface area (Å²) in [5.41, 5.74) is 3.57. The quantitative estimate of drug-likeness (QED) is 0.391. The zero-order chi connectivity index (χ0) is 23.7. The average Bonchev–Trinajstić information content (AvgIpc) is 3.51. The highest BCUT2D eigenvalue weighted by molar-refractivity contribution is 7.98. The first-order valence-corrected chi connectivity index (χ1v) is 12.9. The second-order valence-electron chi connectivity index (χ2n) is 8.98. The van der Waals surface area contributed by atoms with Gasteiger partial charge in [0.1, 0.15) is 0 Å². The summed E-state index contributed by atoms with van der Waals surface area (Å²) in [6, 6.07) is 13.8. The molecule has 1 aliphatic carbocycles. The highest BCUT2D eigenvalue weighted by Gasteiger charge is 2.21. The summed E-state index contributed by atoms with van der Waals surface area (Å²) in [5.74, 6) is 1.16. The first-order valence-electron chi connectivity index (χ1n) is 12.0. The first kappa shape index (κ1) is 22.7. The van der Waals surface area contributed by atoms with Gasteiger partial charge in [-0.25, -0.2) is 0 Å². The molecule has 1 fully saturated rings. The molecule has 1 amide bonds. The van der Waals surface area contributed by atoms with Gasteiger partial charge in [-0.15, -0.1) is 10.2 Å². The molecule has 2 aromatic heterocycles. The third kappa shape index (κ3) is 4.22. The number of amides is 1. The Balaban J connectivity index is 1.60. The predicted molar refractivity (Wildman–Crippen MR) is 136 cm³/mol. The Morgan fingerprint density at radius 3 is 2.71 bits per heavy atom. The van der Waals surface area contributed by atoms with Crippen molar-refractivity contribution in [3.8, 4) is 0 Å². The molecule has 0 spiro atoms. The van der Waals surface area contributed by atoms with Crippen molar-refractivity contribution < 1.29 is 4.79 Å². The topological polar surface area (TPSA) is 81.3 Å². The van der Waals surface area contributed by atoms with Crippen molar-refractivity contribution >= 4 is 34.3 Å². The maximum atomic E-state index is 13.3. The van der Waals surface area contributed by atoms with Crippen LogP contribution in [-0.4, -0.2) is 31.1 Å². The standard InChI is InChI=1S/C26H29N5O2S/c1-3-14-30-24(33)21-13-12-18(23(32)27-20-10-6-7-11-20)15-22(21)31-25(30)28-29-26(31)34-16-19-9-5-4-8-17(19)2/h4-5,8-9,12-13,15,20H,3,6-7,10-11,14,16H2,1-2H3,(H,27,32). The van der Waals surface area contributed by atoms with Crippen molar-refractivity contribution in [2.45, 2.75) is 69.4 Å². The van der Waals surface area contributed by atoms with Crippen molar-refractivity contribution in [3.05, 3.63) is 69.5 Å². The minimum absolute atomic E-state index is 0.0955. The number of aryl methyl sites for hydroxylation is 2. The second-order valence-corrected chi connectivity index (χ2v) is 9.92. The Hall–Kier alpha value is -3.13. The highest BCUT2D eigenvalue weighted by Crippen LogP contribution is 2.26. The Morgan fingerprint density at radius 1 is 1.15 bits per heavy atom. The number of carbonyl (C=O) groups excluding carboxylic acids is 1. The molecule has 4 aromatic rings. The third-order valence-electron chi connectivity index (χ3n) is 6.59. The Labute approximate surface area is 202 Å². The van der Waals surface area contributed by atoms with Crippen LogP contribution in [0.1, 0.15) is 60.5 Å². The zero-order valence-electron chi connectivity index (χ0n) is 19.6. The summed E-state index contributed by atoms with van der Waals surface area (Å²) >= 11 is 1.59. The summed E-state index contributed by atoms with van der Waals surface area (Å²) in [6.07, 6.45) is 5.17. The van der Waals surface area contributed by atoms with Gasteiger partial charge in [0.25, 0.3) is 11.5 Å². The molecule has 34 heavy (non-hydrogen) atoms. The molecule has 8 heteroatoms. The van der Waals surface area contributed by atoms with E-state index in [2.05, 4.69) is 34.6 Å². The largest absolute Gasteiger partial charge is 0.349 e. The molecule has 1 N–H and O–H groups in total. The number of fused-ring (bicyclic) bond motifs is 3. The van der Waals surface area contributed by atoms with Crippen LogP contribution in [0.2, 0.25) is 0 Å². The summed E-state index contributed by atoms with van der Waals surface area (Å²) < 4.78 is 3.62. The molecule has 0 radical (unpaired) electrons. The number of nitrogens with zero attached hydrogens (tertiary/aromatic N) is 4. The smallest absolute Gasteiger partial charge is 0.262 e. The summed E-state index contributed by atoms with van der Waals surface area (Å²) in [7, 11) is 0. The fourth-order valence-corrected chi connectivity index (χ4v) is 5.71. The molecular weight excluding hydrogens is 446 g/mol. The van der Waals surface area contributed by atoms with Crippen molar-refractivity contribution in [1.82, 2.24) is 24.5 Å². The predicted octanol–water partition coefficient (Wildman–Crippen LogP) is 4.73.